The van der Waals surface area contributed by atoms with Crippen molar-refractivity contribution in [2.45, 2.75) is 24.7 Å². The summed E-state index contributed by atoms with van der Waals surface area (Å²) >= 11 is 3.82. The highest BCUT2D eigenvalue weighted by molar-refractivity contribution is 9.09. The number of nitrogens with zero attached hydrogens (tertiary/aromatic N) is 3. The molecule has 2 aromatic carbocycles. The lowest BCUT2D eigenvalue weighted by Crippen LogP contribution is -2.13. The van der Waals surface area contributed by atoms with Crippen LogP contribution in [0.5, 0.6) is 0 Å². The van der Waals surface area contributed by atoms with E-state index in [0.29, 0.717) is 12.3 Å². The van der Waals surface area contributed by atoms with Crippen molar-refractivity contribution in [3.05, 3.63) is 72.1 Å². The quantitative estimate of drug-likeness (QED) is 0.338. The van der Waals surface area contributed by atoms with Crippen LogP contribution in [0, 0.1) is 0 Å². The standard InChI is InChI=1S/C21H20BrN3O2/c1-2-27-20(26)19-13-23-21-24(17-10-6-7-11-18(17)25(19)21)14-16(22)12-15-8-4-3-5-9-15/h3-11,13,16H,2,12,14H2,1H3. The van der Waals surface area contributed by atoms with E-state index in [1.54, 1.807) is 13.1 Å². The minimum Gasteiger partial charge on any atom is -0.461 e. The summed E-state index contributed by atoms with van der Waals surface area (Å²) in [6.07, 6.45) is 2.50. The van der Waals surface area contributed by atoms with Gasteiger partial charge in [-0.3, -0.25) is 4.40 Å². The van der Waals surface area contributed by atoms with Crippen molar-refractivity contribution < 1.29 is 9.53 Å². The molecular weight excluding hydrogens is 406 g/mol. The van der Waals surface area contributed by atoms with Gasteiger partial charge in [0.15, 0.2) is 5.69 Å². The Labute approximate surface area is 165 Å². The van der Waals surface area contributed by atoms with E-state index >= 15 is 0 Å². The van der Waals surface area contributed by atoms with Gasteiger partial charge in [0.1, 0.15) is 0 Å². The number of para-hydroxylation sites is 2. The van der Waals surface area contributed by atoms with Crippen molar-refractivity contribution in [1.29, 1.82) is 0 Å². The van der Waals surface area contributed by atoms with Gasteiger partial charge in [-0.2, -0.15) is 0 Å². The number of rotatable bonds is 6. The number of alkyl halides is 1. The predicted octanol–water partition coefficient (Wildman–Crippen LogP) is 4.47. The fourth-order valence-electron chi connectivity index (χ4n) is 3.42. The Kier molecular flexibility index (Phi) is 4.99. The number of hydrogen-bond donors (Lipinski definition) is 0. The monoisotopic (exact) mass is 425 g/mol. The topological polar surface area (TPSA) is 48.5 Å². The highest BCUT2D eigenvalue weighted by Gasteiger charge is 2.21. The zero-order chi connectivity index (χ0) is 18.8. The summed E-state index contributed by atoms with van der Waals surface area (Å²) in [7, 11) is 0. The second kappa shape index (κ2) is 7.56. The third kappa shape index (κ3) is 3.37. The molecule has 0 N–H and O–H groups in total. The molecule has 27 heavy (non-hydrogen) atoms. The highest BCUT2D eigenvalue weighted by atomic mass is 79.9. The summed E-state index contributed by atoms with van der Waals surface area (Å²) in [5, 5.41) is 0. The van der Waals surface area contributed by atoms with Crippen molar-refractivity contribution >= 4 is 38.7 Å². The smallest absolute Gasteiger partial charge is 0.357 e. The number of aromatic nitrogens is 3. The van der Waals surface area contributed by atoms with Crippen LogP contribution in [0.2, 0.25) is 0 Å². The van der Waals surface area contributed by atoms with Crippen LogP contribution in [0.1, 0.15) is 23.0 Å². The van der Waals surface area contributed by atoms with E-state index in [1.807, 2.05) is 28.7 Å². The van der Waals surface area contributed by atoms with Gasteiger partial charge in [0.25, 0.3) is 0 Å². The number of carbonyl (C=O) groups is 1. The summed E-state index contributed by atoms with van der Waals surface area (Å²) in [6, 6.07) is 18.4. The minimum atomic E-state index is -0.354. The van der Waals surface area contributed by atoms with Crippen LogP contribution in [-0.2, 0) is 17.7 Å². The molecule has 2 heterocycles. The van der Waals surface area contributed by atoms with Gasteiger partial charge in [-0.05, 0) is 31.0 Å². The number of benzene rings is 2. The first kappa shape index (κ1) is 17.8. The average Bonchev–Trinajstić information content (AvgIpc) is 3.23. The average molecular weight is 426 g/mol. The molecule has 4 rings (SSSR count). The molecular formula is C21H20BrN3O2. The maximum absolute atomic E-state index is 12.3. The lowest BCUT2D eigenvalue weighted by Gasteiger charge is -2.12. The lowest BCUT2D eigenvalue weighted by molar-refractivity contribution is 0.0518. The fraction of sp³-hybridized carbons (Fsp3) is 0.238. The number of ether oxygens (including phenoxy) is 1. The summed E-state index contributed by atoms with van der Waals surface area (Å²) in [4.78, 5) is 17.1. The molecule has 1 unspecified atom stereocenters. The highest BCUT2D eigenvalue weighted by Crippen LogP contribution is 2.25. The molecule has 6 heteroatoms. The van der Waals surface area contributed by atoms with Crippen molar-refractivity contribution in [1.82, 2.24) is 14.0 Å². The normalized spacial score (nSPS) is 12.5. The number of fused-ring (bicyclic) bond motifs is 3. The Morgan fingerprint density at radius 3 is 2.56 bits per heavy atom. The molecule has 138 valence electrons. The van der Waals surface area contributed by atoms with Crippen LogP contribution < -0.4 is 0 Å². The van der Waals surface area contributed by atoms with Crippen molar-refractivity contribution in [3.8, 4) is 0 Å². The maximum atomic E-state index is 12.3. The molecule has 0 aliphatic heterocycles. The largest absolute Gasteiger partial charge is 0.461 e. The molecule has 4 aromatic rings. The van der Waals surface area contributed by atoms with Gasteiger partial charge >= 0.3 is 5.97 Å². The van der Waals surface area contributed by atoms with E-state index in [1.165, 1.54) is 5.56 Å². The Morgan fingerprint density at radius 2 is 1.81 bits per heavy atom. The van der Waals surface area contributed by atoms with Crippen molar-refractivity contribution in [2.75, 3.05) is 6.61 Å². The predicted molar refractivity (Wildman–Crippen MR) is 110 cm³/mol. The van der Waals surface area contributed by atoms with Crippen LogP contribution in [-0.4, -0.2) is 31.4 Å². The Balaban J connectivity index is 1.74. The molecule has 0 amide bonds. The second-order valence-corrected chi connectivity index (χ2v) is 7.68. The zero-order valence-electron chi connectivity index (χ0n) is 15.0. The molecule has 0 saturated carbocycles. The van der Waals surface area contributed by atoms with Crippen LogP contribution in [0.3, 0.4) is 0 Å². The van der Waals surface area contributed by atoms with E-state index in [2.05, 4.69) is 55.8 Å². The van der Waals surface area contributed by atoms with Gasteiger partial charge in [-0.1, -0.05) is 58.4 Å². The van der Waals surface area contributed by atoms with Crippen LogP contribution in [0.4, 0.5) is 0 Å². The third-order valence-electron chi connectivity index (χ3n) is 4.56. The molecule has 0 aliphatic rings. The Hall–Kier alpha value is -2.60. The number of halogens is 1. The van der Waals surface area contributed by atoms with Crippen LogP contribution in [0.15, 0.2) is 60.8 Å². The van der Waals surface area contributed by atoms with E-state index in [4.69, 9.17) is 4.74 Å². The van der Waals surface area contributed by atoms with Gasteiger partial charge < -0.3 is 9.30 Å². The van der Waals surface area contributed by atoms with Gasteiger partial charge in [-0.15, -0.1) is 0 Å². The third-order valence-corrected chi connectivity index (χ3v) is 5.18. The van der Waals surface area contributed by atoms with E-state index < -0.39 is 0 Å². The van der Waals surface area contributed by atoms with Crippen LogP contribution >= 0.6 is 15.9 Å². The molecule has 0 spiro atoms. The fourth-order valence-corrected chi connectivity index (χ4v) is 4.08. The number of carbonyl (C=O) groups excluding carboxylic acids is 1. The molecule has 0 radical (unpaired) electrons. The van der Waals surface area contributed by atoms with E-state index in [0.717, 1.165) is 29.8 Å². The Bertz CT molecular complexity index is 1080. The summed E-state index contributed by atoms with van der Waals surface area (Å²) in [5.41, 5.74) is 3.73. The maximum Gasteiger partial charge on any atom is 0.357 e. The molecule has 0 fully saturated rings. The van der Waals surface area contributed by atoms with Gasteiger partial charge in [-0.25, -0.2) is 9.78 Å². The van der Waals surface area contributed by atoms with Crippen molar-refractivity contribution in [3.63, 3.8) is 0 Å². The zero-order valence-corrected chi connectivity index (χ0v) is 16.6. The lowest BCUT2D eigenvalue weighted by atomic mass is 10.1. The molecule has 0 aliphatic carbocycles. The summed E-state index contributed by atoms with van der Waals surface area (Å²) in [5.74, 6) is 0.393. The first-order valence-corrected chi connectivity index (χ1v) is 9.90. The molecule has 0 bridgehead atoms. The number of imidazole rings is 2. The first-order chi connectivity index (χ1) is 13.2. The number of hydrogen-bond acceptors (Lipinski definition) is 3. The molecule has 1 atom stereocenters. The van der Waals surface area contributed by atoms with Crippen LogP contribution in [0.25, 0.3) is 16.8 Å². The van der Waals surface area contributed by atoms with Crippen molar-refractivity contribution in [2.24, 2.45) is 0 Å². The SMILES string of the molecule is CCOC(=O)c1cnc2n(CC(Br)Cc3ccccc3)c3ccccc3n12. The van der Waals surface area contributed by atoms with E-state index in [9.17, 15) is 4.79 Å². The second-order valence-electron chi connectivity index (χ2n) is 6.39. The molecule has 5 nitrogen and oxygen atoms in total. The minimum absolute atomic E-state index is 0.238. The summed E-state index contributed by atoms with van der Waals surface area (Å²) in [6.45, 7) is 2.88. The molecule has 2 aromatic heterocycles. The van der Waals surface area contributed by atoms with Gasteiger partial charge in [0.2, 0.25) is 5.78 Å². The van der Waals surface area contributed by atoms with E-state index in [-0.39, 0.29) is 10.8 Å². The van der Waals surface area contributed by atoms with Gasteiger partial charge in [0.05, 0.1) is 23.8 Å². The summed E-state index contributed by atoms with van der Waals surface area (Å²) < 4.78 is 9.23. The number of esters is 1. The Morgan fingerprint density at radius 1 is 1.11 bits per heavy atom. The first-order valence-electron chi connectivity index (χ1n) is 8.99. The van der Waals surface area contributed by atoms with Gasteiger partial charge in [0, 0.05) is 11.4 Å². The molecule has 0 saturated heterocycles.